The van der Waals surface area contributed by atoms with Crippen LogP contribution in [0.25, 0.3) is 0 Å². The highest BCUT2D eigenvalue weighted by Crippen LogP contribution is 2.20. The standard InChI is InChI=1S/C8H17N.H4N2/c1-9(2)8-6-4-3-5-7-8;1-2/h8H,3-7H2,1-2H3;1-2H2. The van der Waals surface area contributed by atoms with Gasteiger partial charge in [-0.2, -0.15) is 0 Å². The Morgan fingerprint density at radius 2 is 1.45 bits per heavy atom. The van der Waals surface area contributed by atoms with Crippen molar-refractivity contribution in [1.29, 1.82) is 0 Å². The van der Waals surface area contributed by atoms with E-state index in [1.54, 1.807) is 0 Å². The van der Waals surface area contributed by atoms with E-state index >= 15 is 0 Å². The van der Waals surface area contributed by atoms with E-state index in [4.69, 9.17) is 0 Å². The molecule has 0 atom stereocenters. The van der Waals surface area contributed by atoms with Gasteiger partial charge in [0.15, 0.2) is 0 Å². The van der Waals surface area contributed by atoms with Crippen molar-refractivity contribution in [1.82, 2.24) is 4.90 Å². The van der Waals surface area contributed by atoms with Crippen molar-refractivity contribution in [3.63, 3.8) is 0 Å². The lowest BCUT2D eigenvalue weighted by molar-refractivity contribution is 0.229. The van der Waals surface area contributed by atoms with Crippen molar-refractivity contribution in [2.45, 2.75) is 38.1 Å². The van der Waals surface area contributed by atoms with Crippen molar-refractivity contribution in [3.8, 4) is 0 Å². The van der Waals surface area contributed by atoms with Gasteiger partial charge in [-0.3, -0.25) is 11.7 Å². The Bertz CT molecular complexity index is 77.4. The molecule has 1 saturated carbocycles. The predicted molar refractivity (Wildman–Crippen MR) is 48.9 cm³/mol. The highest BCUT2D eigenvalue weighted by molar-refractivity contribution is 4.70. The highest BCUT2D eigenvalue weighted by Gasteiger charge is 2.13. The van der Waals surface area contributed by atoms with Crippen LogP contribution in [0.15, 0.2) is 0 Å². The Morgan fingerprint density at radius 3 is 1.73 bits per heavy atom. The summed E-state index contributed by atoms with van der Waals surface area (Å²) in [6.45, 7) is 0. The lowest BCUT2D eigenvalue weighted by Gasteiger charge is -2.27. The fourth-order valence-corrected chi connectivity index (χ4v) is 1.60. The summed E-state index contributed by atoms with van der Waals surface area (Å²) in [4.78, 5) is 2.36. The quantitative estimate of drug-likeness (QED) is 0.437. The average Bonchev–Trinajstić information content (AvgIpc) is 2.10. The molecule has 0 aromatic heterocycles. The average molecular weight is 159 g/mol. The second-order valence-electron chi connectivity index (χ2n) is 3.26. The van der Waals surface area contributed by atoms with Gasteiger partial charge in [-0.1, -0.05) is 19.3 Å². The third-order valence-electron chi connectivity index (χ3n) is 2.30. The molecule has 3 nitrogen and oxygen atoms in total. The third kappa shape index (κ3) is 4.35. The molecule has 0 heterocycles. The van der Waals surface area contributed by atoms with Crippen molar-refractivity contribution < 1.29 is 0 Å². The lowest BCUT2D eigenvalue weighted by Crippen LogP contribution is -2.29. The first-order valence-corrected chi connectivity index (χ1v) is 4.30. The number of nitrogens with zero attached hydrogens (tertiary/aromatic N) is 1. The molecule has 0 spiro atoms. The molecule has 1 fully saturated rings. The van der Waals surface area contributed by atoms with Gasteiger partial charge in [0.25, 0.3) is 0 Å². The number of rotatable bonds is 1. The molecule has 0 aromatic rings. The zero-order chi connectivity index (χ0) is 8.69. The van der Waals surface area contributed by atoms with Crippen LogP contribution in [0, 0.1) is 0 Å². The summed E-state index contributed by atoms with van der Waals surface area (Å²) in [6.07, 6.45) is 7.20. The zero-order valence-corrected chi connectivity index (χ0v) is 7.71. The molecule has 68 valence electrons. The molecule has 0 bridgehead atoms. The molecule has 1 rings (SSSR count). The van der Waals surface area contributed by atoms with E-state index < -0.39 is 0 Å². The summed E-state index contributed by atoms with van der Waals surface area (Å²) in [5, 5.41) is 0. The highest BCUT2D eigenvalue weighted by atomic mass is 15.1. The fraction of sp³-hybridized carbons (Fsp3) is 1.00. The van der Waals surface area contributed by atoms with Crippen LogP contribution in [-0.4, -0.2) is 25.0 Å². The number of hydrazine groups is 1. The molecule has 0 aromatic carbocycles. The SMILES string of the molecule is CN(C)C1CCCCC1.NN. The van der Waals surface area contributed by atoms with Crippen molar-refractivity contribution in [2.75, 3.05) is 14.1 Å². The molecule has 3 heteroatoms. The molecule has 4 N–H and O–H groups in total. The Labute approximate surface area is 69.7 Å². The van der Waals surface area contributed by atoms with Crippen molar-refractivity contribution in [3.05, 3.63) is 0 Å². The second-order valence-corrected chi connectivity index (χ2v) is 3.26. The second kappa shape index (κ2) is 6.58. The first-order chi connectivity index (χ1) is 5.30. The number of hydrogen-bond donors (Lipinski definition) is 2. The summed E-state index contributed by atoms with van der Waals surface area (Å²) in [5.74, 6) is 8.00. The Balaban J connectivity index is 0.000000461. The smallest absolute Gasteiger partial charge is 0.00891 e. The topological polar surface area (TPSA) is 55.3 Å². The van der Waals surface area contributed by atoms with Gasteiger partial charge in [-0.05, 0) is 26.9 Å². The van der Waals surface area contributed by atoms with E-state index in [1.165, 1.54) is 32.1 Å². The summed E-state index contributed by atoms with van der Waals surface area (Å²) >= 11 is 0. The molecule has 0 saturated heterocycles. The largest absolute Gasteiger partial charge is 0.306 e. The molecule has 0 amide bonds. The molecule has 0 unspecified atom stereocenters. The maximum Gasteiger partial charge on any atom is 0.00891 e. The number of nitrogens with two attached hydrogens (primary N) is 2. The van der Waals surface area contributed by atoms with Crippen LogP contribution in [0.2, 0.25) is 0 Å². The van der Waals surface area contributed by atoms with Crippen LogP contribution >= 0.6 is 0 Å². The zero-order valence-electron chi connectivity index (χ0n) is 7.71. The predicted octanol–water partition coefficient (Wildman–Crippen LogP) is 0.700. The van der Waals surface area contributed by atoms with Crippen LogP contribution in [-0.2, 0) is 0 Å². The van der Waals surface area contributed by atoms with Gasteiger partial charge in [-0.25, -0.2) is 0 Å². The summed E-state index contributed by atoms with van der Waals surface area (Å²) in [7, 11) is 4.38. The maximum absolute atomic E-state index is 4.00. The van der Waals surface area contributed by atoms with Crippen molar-refractivity contribution in [2.24, 2.45) is 11.7 Å². The molecule has 1 aliphatic carbocycles. The molecule has 0 radical (unpaired) electrons. The minimum absolute atomic E-state index is 0.888. The van der Waals surface area contributed by atoms with Crippen LogP contribution in [0.4, 0.5) is 0 Å². The molecule has 0 aliphatic heterocycles. The molecular weight excluding hydrogens is 138 g/mol. The minimum atomic E-state index is 0.888. The van der Waals surface area contributed by atoms with Gasteiger partial charge in [0, 0.05) is 6.04 Å². The monoisotopic (exact) mass is 159 g/mol. The summed E-state index contributed by atoms with van der Waals surface area (Å²) < 4.78 is 0. The van der Waals surface area contributed by atoms with Gasteiger partial charge in [-0.15, -0.1) is 0 Å². The Hall–Kier alpha value is -0.120. The Morgan fingerprint density at radius 1 is 1.00 bits per heavy atom. The summed E-state index contributed by atoms with van der Waals surface area (Å²) in [6, 6.07) is 0.888. The van der Waals surface area contributed by atoms with E-state index in [2.05, 4.69) is 30.7 Å². The van der Waals surface area contributed by atoms with Gasteiger partial charge in [0.2, 0.25) is 0 Å². The third-order valence-corrected chi connectivity index (χ3v) is 2.30. The van der Waals surface area contributed by atoms with E-state index in [0.29, 0.717) is 0 Å². The van der Waals surface area contributed by atoms with E-state index in [1.807, 2.05) is 0 Å². The van der Waals surface area contributed by atoms with E-state index in [0.717, 1.165) is 6.04 Å². The fourth-order valence-electron chi connectivity index (χ4n) is 1.60. The Kier molecular flexibility index (Phi) is 6.51. The van der Waals surface area contributed by atoms with Gasteiger partial charge in [0.05, 0.1) is 0 Å². The lowest BCUT2D eigenvalue weighted by atomic mass is 9.95. The van der Waals surface area contributed by atoms with Crippen LogP contribution in [0.3, 0.4) is 0 Å². The first-order valence-electron chi connectivity index (χ1n) is 4.30. The van der Waals surface area contributed by atoms with Gasteiger partial charge < -0.3 is 4.90 Å². The van der Waals surface area contributed by atoms with E-state index in [9.17, 15) is 0 Å². The van der Waals surface area contributed by atoms with Crippen LogP contribution < -0.4 is 11.7 Å². The van der Waals surface area contributed by atoms with Crippen molar-refractivity contribution >= 4 is 0 Å². The van der Waals surface area contributed by atoms with Gasteiger partial charge >= 0.3 is 0 Å². The minimum Gasteiger partial charge on any atom is -0.306 e. The van der Waals surface area contributed by atoms with Gasteiger partial charge in [0.1, 0.15) is 0 Å². The molecular formula is C8H21N3. The number of hydrogen-bond acceptors (Lipinski definition) is 3. The molecule has 11 heavy (non-hydrogen) atoms. The first kappa shape index (κ1) is 10.9. The van der Waals surface area contributed by atoms with Crippen LogP contribution in [0.1, 0.15) is 32.1 Å². The molecule has 1 aliphatic rings. The maximum atomic E-state index is 4.00. The van der Waals surface area contributed by atoms with E-state index in [-0.39, 0.29) is 0 Å². The normalized spacial score (nSPS) is 19.4. The van der Waals surface area contributed by atoms with Crippen LogP contribution in [0.5, 0.6) is 0 Å². The summed E-state index contributed by atoms with van der Waals surface area (Å²) in [5.41, 5.74) is 0.